The number of rotatable bonds is 1. The van der Waals surface area contributed by atoms with E-state index in [2.05, 4.69) is 4.98 Å². The van der Waals surface area contributed by atoms with Crippen LogP contribution in [0.25, 0.3) is 0 Å². The van der Waals surface area contributed by atoms with E-state index in [1.165, 1.54) is 12.5 Å². The Hall–Kier alpha value is -0.480. The molecule has 9 heavy (non-hydrogen) atoms. The minimum atomic E-state index is -1.09. The predicted molar refractivity (Wildman–Crippen MR) is 33.6 cm³/mol. The SMILES string of the molecule is Cc1coc([S+](C)[O-])n1. The van der Waals surface area contributed by atoms with Gasteiger partial charge < -0.3 is 8.97 Å². The van der Waals surface area contributed by atoms with E-state index >= 15 is 0 Å². The third-order valence-electron chi connectivity index (χ3n) is 0.844. The van der Waals surface area contributed by atoms with Crippen molar-refractivity contribution in [1.29, 1.82) is 0 Å². The van der Waals surface area contributed by atoms with Gasteiger partial charge in [-0.3, -0.25) is 0 Å². The molecule has 3 nitrogen and oxygen atoms in total. The Bertz CT molecular complexity index is 197. The lowest BCUT2D eigenvalue weighted by Crippen LogP contribution is -1.96. The zero-order valence-electron chi connectivity index (χ0n) is 5.25. The van der Waals surface area contributed by atoms with Crippen molar-refractivity contribution in [1.82, 2.24) is 4.98 Å². The second kappa shape index (κ2) is 2.41. The lowest BCUT2D eigenvalue weighted by atomic mass is 10.6. The third kappa shape index (κ3) is 1.46. The lowest BCUT2D eigenvalue weighted by molar-refractivity contribution is 0.432. The second-order valence-electron chi connectivity index (χ2n) is 1.71. The molecule has 4 heteroatoms. The number of nitrogens with zero attached hydrogens (tertiary/aromatic N) is 1. The van der Waals surface area contributed by atoms with E-state index in [1.807, 2.05) is 0 Å². The standard InChI is InChI=1S/C5H7NO2S/c1-4-3-8-5(6-4)9(2)7/h3H,1-2H3. The molecule has 1 heterocycles. The summed E-state index contributed by atoms with van der Waals surface area (Å²) in [7, 11) is 0. The fourth-order valence-corrected chi connectivity index (χ4v) is 0.921. The van der Waals surface area contributed by atoms with Gasteiger partial charge in [0.15, 0.2) is 0 Å². The molecule has 0 aromatic carbocycles. The van der Waals surface area contributed by atoms with E-state index in [-0.39, 0.29) is 0 Å². The van der Waals surface area contributed by atoms with Gasteiger partial charge in [0.25, 0.3) is 0 Å². The van der Waals surface area contributed by atoms with E-state index in [0.29, 0.717) is 5.22 Å². The van der Waals surface area contributed by atoms with Crippen LogP contribution < -0.4 is 0 Å². The first-order valence-corrected chi connectivity index (χ1v) is 4.01. The smallest absolute Gasteiger partial charge is 0.414 e. The Kier molecular flexibility index (Phi) is 1.78. The average molecular weight is 145 g/mol. The normalized spacial score (nSPS) is 13.7. The Morgan fingerprint density at radius 3 is 2.67 bits per heavy atom. The molecule has 1 aromatic heterocycles. The molecule has 0 bridgehead atoms. The van der Waals surface area contributed by atoms with Gasteiger partial charge in [-0.05, 0) is 6.92 Å². The highest BCUT2D eigenvalue weighted by Gasteiger charge is 2.09. The summed E-state index contributed by atoms with van der Waals surface area (Å²) in [5.74, 6) is 0. The van der Waals surface area contributed by atoms with Crippen molar-refractivity contribution < 1.29 is 8.97 Å². The number of oxazole rings is 1. The van der Waals surface area contributed by atoms with Gasteiger partial charge in [0.2, 0.25) is 0 Å². The second-order valence-corrected chi connectivity index (χ2v) is 2.97. The summed E-state index contributed by atoms with van der Waals surface area (Å²) in [6.07, 6.45) is 3.02. The van der Waals surface area contributed by atoms with Crippen molar-refractivity contribution >= 4 is 11.2 Å². The Balaban J connectivity index is 2.85. The number of hydrogen-bond donors (Lipinski definition) is 0. The summed E-state index contributed by atoms with van der Waals surface area (Å²) in [6, 6.07) is 0. The quantitative estimate of drug-likeness (QED) is 0.547. The van der Waals surface area contributed by atoms with Crippen LogP contribution in [0.2, 0.25) is 0 Å². The van der Waals surface area contributed by atoms with E-state index in [4.69, 9.17) is 4.42 Å². The monoisotopic (exact) mass is 145 g/mol. The van der Waals surface area contributed by atoms with Crippen molar-refractivity contribution in [2.45, 2.75) is 12.1 Å². The minimum absolute atomic E-state index is 0.299. The van der Waals surface area contributed by atoms with E-state index in [0.717, 1.165) is 5.69 Å². The van der Waals surface area contributed by atoms with Crippen LogP contribution in [0.15, 0.2) is 15.9 Å². The van der Waals surface area contributed by atoms with Crippen LogP contribution in [-0.2, 0) is 11.2 Å². The Morgan fingerprint density at radius 1 is 1.78 bits per heavy atom. The van der Waals surface area contributed by atoms with Crippen LogP contribution >= 0.6 is 0 Å². The van der Waals surface area contributed by atoms with Crippen LogP contribution in [0, 0.1) is 6.92 Å². The molecule has 0 saturated carbocycles. The molecule has 1 rings (SSSR count). The molecule has 50 valence electrons. The summed E-state index contributed by atoms with van der Waals surface area (Å²) in [6.45, 7) is 1.79. The molecule has 0 aliphatic rings. The zero-order chi connectivity index (χ0) is 6.85. The lowest BCUT2D eigenvalue weighted by Gasteiger charge is -1.93. The fourth-order valence-electron chi connectivity index (χ4n) is 0.464. The minimum Gasteiger partial charge on any atom is -0.608 e. The molecule has 0 aliphatic carbocycles. The highest BCUT2D eigenvalue weighted by molar-refractivity contribution is 7.90. The number of aryl methyl sites for hydroxylation is 1. The molecular weight excluding hydrogens is 138 g/mol. The molecular formula is C5H7NO2S. The van der Waals surface area contributed by atoms with Gasteiger partial charge >= 0.3 is 5.22 Å². The van der Waals surface area contributed by atoms with Crippen LogP contribution in [0.4, 0.5) is 0 Å². The third-order valence-corrected chi connectivity index (χ3v) is 1.52. The molecule has 0 N–H and O–H groups in total. The Labute approximate surface area is 56.3 Å². The van der Waals surface area contributed by atoms with Gasteiger partial charge in [0, 0.05) is 11.2 Å². The molecule has 0 fully saturated rings. The summed E-state index contributed by atoms with van der Waals surface area (Å²) in [5.41, 5.74) is 0.764. The topological polar surface area (TPSA) is 49.1 Å². The van der Waals surface area contributed by atoms with E-state index in [9.17, 15) is 4.55 Å². The average Bonchev–Trinajstić information content (AvgIpc) is 2.14. The predicted octanol–water partition coefficient (Wildman–Crippen LogP) is 0.720. The van der Waals surface area contributed by atoms with Crippen molar-refractivity contribution in [2.24, 2.45) is 0 Å². The zero-order valence-corrected chi connectivity index (χ0v) is 6.07. The van der Waals surface area contributed by atoms with E-state index < -0.39 is 11.2 Å². The first kappa shape index (κ1) is 6.64. The number of aromatic nitrogens is 1. The van der Waals surface area contributed by atoms with Crippen molar-refractivity contribution in [2.75, 3.05) is 6.26 Å². The molecule has 0 spiro atoms. The molecule has 1 aromatic rings. The van der Waals surface area contributed by atoms with Gasteiger partial charge in [-0.25, -0.2) is 0 Å². The van der Waals surface area contributed by atoms with Crippen molar-refractivity contribution in [3.05, 3.63) is 12.0 Å². The van der Waals surface area contributed by atoms with Gasteiger partial charge in [0.05, 0.1) is 5.69 Å². The summed E-state index contributed by atoms with van der Waals surface area (Å²) in [4.78, 5) is 3.84. The highest BCUT2D eigenvalue weighted by Crippen LogP contribution is 2.06. The van der Waals surface area contributed by atoms with E-state index in [1.54, 1.807) is 6.92 Å². The maximum absolute atomic E-state index is 10.6. The molecule has 0 amide bonds. The van der Waals surface area contributed by atoms with Gasteiger partial charge in [-0.2, -0.15) is 4.98 Å². The van der Waals surface area contributed by atoms with Crippen molar-refractivity contribution in [3.8, 4) is 0 Å². The molecule has 0 aliphatic heterocycles. The molecule has 1 atom stereocenters. The van der Waals surface area contributed by atoms with Crippen LogP contribution in [-0.4, -0.2) is 15.8 Å². The first-order valence-electron chi connectivity index (χ1n) is 2.45. The largest absolute Gasteiger partial charge is 0.608 e. The van der Waals surface area contributed by atoms with Crippen LogP contribution in [0.3, 0.4) is 0 Å². The van der Waals surface area contributed by atoms with Gasteiger partial charge in [-0.15, -0.1) is 0 Å². The first-order chi connectivity index (χ1) is 4.20. The van der Waals surface area contributed by atoms with Gasteiger partial charge in [-0.1, -0.05) is 0 Å². The summed E-state index contributed by atoms with van der Waals surface area (Å²) >= 11 is -1.09. The maximum Gasteiger partial charge on any atom is 0.414 e. The van der Waals surface area contributed by atoms with Crippen LogP contribution in [0.1, 0.15) is 5.69 Å². The highest BCUT2D eigenvalue weighted by atomic mass is 32.2. The van der Waals surface area contributed by atoms with Crippen LogP contribution in [0.5, 0.6) is 0 Å². The maximum atomic E-state index is 10.6. The van der Waals surface area contributed by atoms with Crippen molar-refractivity contribution in [3.63, 3.8) is 0 Å². The number of hydrogen-bond acceptors (Lipinski definition) is 3. The summed E-state index contributed by atoms with van der Waals surface area (Å²) in [5, 5.41) is 0.299. The molecule has 1 unspecified atom stereocenters. The molecule has 0 radical (unpaired) electrons. The molecule has 0 saturated heterocycles. The Morgan fingerprint density at radius 2 is 2.44 bits per heavy atom. The van der Waals surface area contributed by atoms with Gasteiger partial charge in [0.1, 0.15) is 12.5 Å². The fraction of sp³-hybridized carbons (Fsp3) is 0.400. The summed E-state index contributed by atoms with van der Waals surface area (Å²) < 4.78 is 15.4.